The first kappa shape index (κ1) is 11.5. The van der Waals surface area contributed by atoms with Gasteiger partial charge in [0.2, 0.25) is 0 Å². The van der Waals surface area contributed by atoms with E-state index in [1.807, 2.05) is 4.68 Å². The predicted octanol–water partition coefficient (Wildman–Crippen LogP) is 0.380. The SMILES string of the molecule is CCNC(C)c1nnnn1CC1CCOC1. The lowest BCUT2D eigenvalue weighted by Crippen LogP contribution is -2.24. The number of nitrogens with one attached hydrogen (secondary N) is 1. The zero-order valence-corrected chi connectivity index (χ0v) is 9.89. The Morgan fingerprint density at radius 1 is 1.62 bits per heavy atom. The first-order valence-corrected chi connectivity index (χ1v) is 5.88. The molecule has 2 unspecified atom stereocenters. The quantitative estimate of drug-likeness (QED) is 0.785. The summed E-state index contributed by atoms with van der Waals surface area (Å²) in [6.45, 7) is 7.63. The summed E-state index contributed by atoms with van der Waals surface area (Å²) in [5.41, 5.74) is 0. The van der Waals surface area contributed by atoms with Gasteiger partial charge in [0.15, 0.2) is 5.82 Å². The first-order chi connectivity index (χ1) is 7.81. The standard InChI is InChI=1S/C10H19N5O/c1-3-11-8(2)10-12-13-14-15(10)6-9-4-5-16-7-9/h8-9,11H,3-7H2,1-2H3. The molecule has 0 aliphatic carbocycles. The molecule has 1 N–H and O–H groups in total. The molecule has 1 fully saturated rings. The van der Waals surface area contributed by atoms with Crippen molar-refractivity contribution in [2.75, 3.05) is 19.8 Å². The molecule has 6 nitrogen and oxygen atoms in total. The van der Waals surface area contributed by atoms with Crippen molar-refractivity contribution in [1.29, 1.82) is 0 Å². The van der Waals surface area contributed by atoms with E-state index in [9.17, 15) is 0 Å². The minimum atomic E-state index is 0.197. The van der Waals surface area contributed by atoms with Gasteiger partial charge in [0, 0.05) is 19.1 Å². The normalized spacial score (nSPS) is 22.5. The van der Waals surface area contributed by atoms with Crippen LogP contribution in [0.25, 0.3) is 0 Å². The Balaban J connectivity index is 2.00. The summed E-state index contributed by atoms with van der Waals surface area (Å²) in [7, 11) is 0. The van der Waals surface area contributed by atoms with Crippen LogP contribution in [0, 0.1) is 5.92 Å². The molecule has 1 aliphatic heterocycles. The van der Waals surface area contributed by atoms with Crippen LogP contribution in [0.4, 0.5) is 0 Å². The van der Waals surface area contributed by atoms with E-state index in [0.717, 1.165) is 38.5 Å². The molecule has 0 bridgehead atoms. The molecule has 0 saturated carbocycles. The van der Waals surface area contributed by atoms with Gasteiger partial charge in [-0.25, -0.2) is 4.68 Å². The molecule has 2 atom stereocenters. The second kappa shape index (κ2) is 5.36. The fourth-order valence-corrected chi connectivity index (χ4v) is 2.02. The lowest BCUT2D eigenvalue weighted by atomic mass is 10.1. The molecule has 16 heavy (non-hydrogen) atoms. The smallest absolute Gasteiger partial charge is 0.167 e. The Morgan fingerprint density at radius 3 is 3.19 bits per heavy atom. The molecule has 0 amide bonds. The van der Waals surface area contributed by atoms with Crippen LogP contribution in [0.15, 0.2) is 0 Å². The number of hydrogen-bond donors (Lipinski definition) is 1. The Hall–Kier alpha value is -1.01. The van der Waals surface area contributed by atoms with E-state index in [-0.39, 0.29) is 6.04 Å². The fourth-order valence-electron chi connectivity index (χ4n) is 2.02. The molecular formula is C10H19N5O. The molecule has 0 aromatic carbocycles. The van der Waals surface area contributed by atoms with Gasteiger partial charge < -0.3 is 10.1 Å². The van der Waals surface area contributed by atoms with Crippen LogP contribution in [-0.2, 0) is 11.3 Å². The van der Waals surface area contributed by atoms with E-state index in [1.165, 1.54) is 0 Å². The van der Waals surface area contributed by atoms with E-state index < -0.39 is 0 Å². The maximum Gasteiger partial charge on any atom is 0.167 e. The maximum atomic E-state index is 5.36. The Labute approximate surface area is 95.4 Å². The molecule has 90 valence electrons. The Kier molecular flexibility index (Phi) is 3.84. The molecule has 1 aromatic rings. The van der Waals surface area contributed by atoms with Crippen LogP contribution in [0.5, 0.6) is 0 Å². The highest BCUT2D eigenvalue weighted by atomic mass is 16.5. The lowest BCUT2D eigenvalue weighted by molar-refractivity contribution is 0.181. The van der Waals surface area contributed by atoms with Crippen molar-refractivity contribution in [2.24, 2.45) is 5.92 Å². The first-order valence-electron chi connectivity index (χ1n) is 5.88. The van der Waals surface area contributed by atoms with Gasteiger partial charge in [-0.05, 0) is 30.3 Å². The van der Waals surface area contributed by atoms with Gasteiger partial charge in [0.25, 0.3) is 0 Å². The predicted molar refractivity (Wildman–Crippen MR) is 58.8 cm³/mol. The van der Waals surface area contributed by atoms with Gasteiger partial charge in [0.1, 0.15) is 0 Å². The summed E-state index contributed by atoms with van der Waals surface area (Å²) in [6, 6.07) is 0.197. The van der Waals surface area contributed by atoms with Gasteiger partial charge in [-0.1, -0.05) is 6.92 Å². The monoisotopic (exact) mass is 225 g/mol. The minimum absolute atomic E-state index is 0.197. The highest BCUT2D eigenvalue weighted by molar-refractivity contribution is 4.89. The van der Waals surface area contributed by atoms with Crippen molar-refractivity contribution >= 4 is 0 Å². The van der Waals surface area contributed by atoms with Gasteiger partial charge in [-0.15, -0.1) is 5.10 Å². The van der Waals surface area contributed by atoms with Gasteiger partial charge in [-0.3, -0.25) is 0 Å². The number of aromatic nitrogens is 4. The van der Waals surface area contributed by atoms with Crippen LogP contribution in [0.1, 0.15) is 32.1 Å². The summed E-state index contributed by atoms with van der Waals surface area (Å²) >= 11 is 0. The average molecular weight is 225 g/mol. The van der Waals surface area contributed by atoms with Crippen LogP contribution >= 0.6 is 0 Å². The summed E-state index contributed by atoms with van der Waals surface area (Å²) in [5, 5.41) is 15.2. The van der Waals surface area contributed by atoms with Gasteiger partial charge >= 0.3 is 0 Å². The van der Waals surface area contributed by atoms with E-state index in [0.29, 0.717) is 5.92 Å². The average Bonchev–Trinajstić information content (AvgIpc) is 2.90. The lowest BCUT2D eigenvalue weighted by Gasteiger charge is -2.13. The third kappa shape index (κ3) is 2.56. The van der Waals surface area contributed by atoms with Crippen LogP contribution < -0.4 is 5.32 Å². The summed E-state index contributed by atoms with van der Waals surface area (Å²) in [5.74, 6) is 1.46. The molecule has 1 aliphatic rings. The Morgan fingerprint density at radius 2 is 2.50 bits per heavy atom. The Bertz CT molecular complexity index is 321. The van der Waals surface area contributed by atoms with E-state index >= 15 is 0 Å². The van der Waals surface area contributed by atoms with Crippen LogP contribution in [-0.4, -0.2) is 40.0 Å². The van der Waals surface area contributed by atoms with Crippen molar-refractivity contribution in [3.8, 4) is 0 Å². The largest absolute Gasteiger partial charge is 0.381 e. The molecule has 2 heterocycles. The number of rotatable bonds is 5. The molecule has 1 saturated heterocycles. The van der Waals surface area contributed by atoms with E-state index in [2.05, 4.69) is 34.7 Å². The summed E-state index contributed by atoms with van der Waals surface area (Å²) < 4.78 is 7.25. The highest BCUT2D eigenvalue weighted by Crippen LogP contribution is 2.16. The van der Waals surface area contributed by atoms with Gasteiger partial charge in [0.05, 0.1) is 12.6 Å². The number of ether oxygens (including phenoxy) is 1. The van der Waals surface area contributed by atoms with Crippen molar-refractivity contribution in [1.82, 2.24) is 25.5 Å². The zero-order valence-electron chi connectivity index (χ0n) is 9.89. The van der Waals surface area contributed by atoms with Crippen LogP contribution in [0.2, 0.25) is 0 Å². The van der Waals surface area contributed by atoms with Gasteiger partial charge in [-0.2, -0.15) is 0 Å². The van der Waals surface area contributed by atoms with E-state index in [1.54, 1.807) is 0 Å². The minimum Gasteiger partial charge on any atom is -0.381 e. The molecule has 0 spiro atoms. The number of hydrogen-bond acceptors (Lipinski definition) is 5. The van der Waals surface area contributed by atoms with Crippen molar-refractivity contribution in [3.05, 3.63) is 5.82 Å². The number of tetrazole rings is 1. The topological polar surface area (TPSA) is 64.9 Å². The third-order valence-corrected chi connectivity index (χ3v) is 2.91. The summed E-state index contributed by atoms with van der Waals surface area (Å²) in [6.07, 6.45) is 1.11. The van der Waals surface area contributed by atoms with Crippen LogP contribution in [0.3, 0.4) is 0 Å². The maximum absolute atomic E-state index is 5.36. The molecule has 1 aromatic heterocycles. The molecular weight excluding hydrogens is 206 g/mol. The molecule has 0 radical (unpaired) electrons. The number of nitrogens with zero attached hydrogens (tertiary/aromatic N) is 4. The summed E-state index contributed by atoms with van der Waals surface area (Å²) in [4.78, 5) is 0. The third-order valence-electron chi connectivity index (χ3n) is 2.91. The molecule has 2 rings (SSSR count). The fraction of sp³-hybridized carbons (Fsp3) is 0.900. The van der Waals surface area contributed by atoms with Crippen molar-refractivity contribution in [2.45, 2.75) is 32.9 Å². The van der Waals surface area contributed by atoms with Crippen molar-refractivity contribution < 1.29 is 4.74 Å². The zero-order chi connectivity index (χ0) is 11.4. The molecule has 6 heteroatoms. The second-order valence-electron chi connectivity index (χ2n) is 4.23. The van der Waals surface area contributed by atoms with E-state index in [4.69, 9.17) is 4.74 Å². The highest BCUT2D eigenvalue weighted by Gasteiger charge is 2.20. The van der Waals surface area contributed by atoms with Crippen molar-refractivity contribution in [3.63, 3.8) is 0 Å². The second-order valence-corrected chi connectivity index (χ2v) is 4.23.